The lowest BCUT2D eigenvalue weighted by molar-refractivity contribution is -0.124. The summed E-state index contributed by atoms with van der Waals surface area (Å²) in [5.74, 6) is -0.104. The Balaban J connectivity index is 2.16. The highest BCUT2D eigenvalue weighted by atomic mass is 16.2. The number of likely N-dealkylation sites (N-methyl/N-ethyl adjacent to an activating group) is 1. The van der Waals surface area contributed by atoms with E-state index < -0.39 is 6.04 Å². The summed E-state index contributed by atoms with van der Waals surface area (Å²) in [5, 5.41) is 8.83. The van der Waals surface area contributed by atoms with Gasteiger partial charge < -0.3 is 16.0 Å². The molecule has 7 heteroatoms. The largest absolute Gasteiger partial charge is 0.382 e. The number of anilines is 1. The minimum absolute atomic E-state index is 0.136. The van der Waals surface area contributed by atoms with Gasteiger partial charge in [0.15, 0.2) is 0 Å². The first-order valence-corrected chi connectivity index (χ1v) is 5.47. The molecule has 7 nitrogen and oxygen atoms in total. The van der Waals surface area contributed by atoms with E-state index in [1.54, 1.807) is 11.9 Å². The Bertz CT molecular complexity index is 442. The Morgan fingerprint density at radius 3 is 3.00 bits per heavy atom. The molecule has 1 aromatic rings. The fourth-order valence-corrected chi connectivity index (χ4v) is 2.05. The highest BCUT2D eigenvalue weighted by Gasteiger charge is 2.34. The normalized spacial score (nSPS) is 19.4. The fraction of sp³-hybridized carbons (Fsp3) is 0.500. The third-order valence-electron chi connectivity index (χ3n) is 2.89. The second-order valence-electron chi connectivity index (χ2n) is 3.98. The molecule has 1 fully saturated rings. The zero-order valence-corrected chi connectivity index (χ0v) is 9.56. The maximum absolute atomic E-state index is 12.1. The molecule has 1 aromatic heterocycles. The second-order valence-corrected chi connectivity index (χ2v) is 3.98. The number of amides is 2. The number of nitrogens with two attached hydrogens (primary N) is 1. The van der Waals surface area contributed by atoms with Gasteiger partial charge in [0.2, 0.25) is 5.91 Å². The Labute approximate surface area is 98.4 Å². The first-order valence-electron chi connectivity index (χ1n) is 5.47. The maximum atomic E-state index is 12.1. The first kappa shape index (κ1) is 11.4. The van der Waals surface area contributed by atoms with Crippen molar-refractivity contribution in [2.45, 2.75) is 18.9 Å². The van der Waals surface area contributed by atoms with Crippen LogP contribution in [0.25, 0.3) is 0 Å². The number of nitrogen functional groups attached to an aromatic ring is 1. The van der Waals surface area contributed by atoms with E-state index in [0.29, 0.717) is 18.7 Å². The standard InChI is InChI=1S/C10H15N5O2/c1-12-9(16)7-3-2-4-15(7)10(17)6-5-8(11)14-13-6/h5,7H,2-4H2,1H3,(H,12,16)(H3,11,13,14). The molecular formula is C10H15N5O2. The van der Waals surface area contributed by atoms with Crippen LogP contribution in [0.5, 0.6) is 0 Å². The van der Waals surface area contributed by atoms with E-state index in [4.69, 9.17) is 5.73 Å². The van der Waals surface area contributed by atoms with E-state index in [2.05, 4.69) is 15.5 Å². The number of aromatic amines is 1. The van der Waals surface area contributed by atoms with E-state index in [9.17, 15) is 9.59 Å². The SMILES string of the molecule is CNC(=O)C1CCCN1C(=O)c1cc(N)n[nH]1. The summed E-state index contributed by atoms with van der Waals surface area (Å²) in [5.41, 5.74) is 5.76. The average molecular weight is 237 g/mol. The molecule has 0 aliphatic carbocycles. The summed E-state index contributed by atoms with van der Waals surface area (Å²) < 4.78 is 0. The van der Waals surface area contributed by atoms with Crippen molar-refractivity contribution in [3.63, 3.8) is 0 Å². The summed E-state index contributed by atoms with van der Waals surface area (Å²) in [4.78, 5) is 25.3. The molecule has 2 amide bonds. The zero-order chi connectivity index (χ0) is 12.4. The lowest BCUT2D eigenvalue weighted by Gasteiger charge is -2.22. The molecule has 2 heterocycles. The average Bonchev–Trinajstić information content (AvgIpc) is 2.95. The highest BCUT2D eigenvalue weighted by Crippen LogP contribution is 2.20. The van der Waals surface area contributed by atoms with Crippen molar-refractivity contribution >= 4 is 17.6 Å². The number of nitrogens with zero attached hydrogens (tertiary/aromatic N) is 2. The van der Waals surface area contributed by atoms with Crippen molar-refractivity contribution in [2.24, 2.45) is 0 Å². The minimum atomic E-state index is -0.392. The van der Waals surface area contributed by atoms with Gasteiger partial charge in [-0.05, 0) is 12.8 Å². The predicted molar refractivity (Wildman–Crippen MR) is 61.1 cm³/mol. The van der Waals surface area contributed by atoms with E-state index in [-0.39, 0.29) is 17.6 Å². The molecular weight excluding hydrogens is 222 g/mol. The van der Waals surface area contributed by atoms with Crippen LogP contribution in [0, 0.1) is 0 Å². The molecule has 0 aromatic carbocycles. The molecule has 1 saturated heterocycles. The monoisotopic (exact) mass is 237 g/mol. The van der Waals surface area contributed by atoms with Gasteiger partial charge in [-0.3, -0.25) is 14.7 Å². The van der Waals surface area contributed by atoms with Crippen LogP contribution in [-0.4, -0.2) is 46.5 Å². The quantitative estimate of drug-likeness (QED) is 0.635. The van der Waals surface area contributed by atoms with E-state index in [1.165, 1.54) is 6.07 Å². The number of likely N-dealkylation sites (tertiary alicyclic amines) is 1. The van der Waals surface area contributed by atoms with Gasteiger partial charge in [-0.25, -0.2) is 0 Å². The van der Waals surface area contributed by atoms with Gasteiger partial charge in [-0.1, -0.05) is 0 Å². The van der Waals surface area contributed by atoms with E-state index in [0.717, 1.165) is 6.42 Å². The molecule has 0 bridgehead atoms. The van der Waals surface area contributed by atoms with E-state index in [1.807, 2.05) is 0 Å². The fourth-order valence-electron chi connectivity index (χ4n) is 2.05. The molecule has 2 rings (SSSR count). The maximum Gasteiger partial charge on any atom is 0.272 e. The van der Waals surface area contributed by atoms with Gasteiger partial charge in [-0.15, -0.1) is 0 Å². The van der Waals surface area contributed by atoms with Crippen molar-refractivity contribution in [2.75, 3.05) is 19.3 Å². The van der Waals surface area contributed by atoms with Crippen LogP contribution < -0.4 is 11.1 Å². The predicted octanol–water partition coefficient (Wildman–Crippen LogP) is -0.658. The number of H-pyrrole nitrogens is 1. The Morgan fingerprint density at radius 1 is 1.65 bits per heavy atom. The number of rotatable bonds is 2. The van der Waals surface area contributed by atoms with Crippen LogP contribution in [0.4, 0.5) is 5.82 Å². The van der Waals surface area contributed by atoms with Gasteiger partial charge in [0.05, 0.1) is 0 Å². The van der Waals surface area contributed by atoms with Crippen LogP contribution in [0.3, 0.4) is 0 Å². The van der Waals surface area contributed by atoms with Crippen LogP contribution in [0.15, 0.2) is 6.07 Å². The van der Waals surface area contributed by atoms with Gasteiger partial charge in [0, 0.05) is 19.7 Å². The summed E-state index contributed by atoms with van der Waals surface area (Å²) in [6.07, 6.45) is 1.52. The van der Waals surface area contributed by atoms with E-state index >= 15 is 0 Å². The molecule has 1 atom stereocenters. The van der Waals surface area contributed by atoms with Crippen molar-refractivity contribution in [1.29, 1.82) is 0 Å². The molecule has 0 saturated carbocycles. The molecule has 1 unspecified atom stereocenters. The molecule has 0 radical (unpaired) electrons. The highest BCUT2D eigenvalue weighted by molar-refractivity contribution is 5.96. The summed E-state index contributed by atoms with van der Waals surface area (Å²) in [6.45, 7) is 0.579. The Hall–Kier alpha value is -2.05. The van der Waals surface area contributed by atoms with Crippen molar-refractivity contribution < 1.29 is 9.59 Å². The molecule has 0 spiro atoms. The Morgan fingerprint density at radius 2 is 2.41 bits per heavy atom. The van der Waals surface area contributed by atoms with Crippen molar-refractivity contribution in [1.82, 2.24) is 20.4 Å². The number of aromatic nitrogens is 2. The van der Waals surface area contributed by atoms with Crippen LogP contribution in [0.1, 0.15) is 23.3 Å². The topological polar surface area (TPSA) is 104 Å². The molecule has 17 heavy (non-hydrogen) atoms. The van der Waals surface area contributed by atoms with Crippen molar-refractivity contribution in [3.05, 3.63) is 11.8 Å². The van der Waals surface area contributed by atoms with Gasteiger partial charge in [-0.2, -0.15) is 5.10 Å². The zero-order valence-electron chi connectivity index (χ0n) is 9.56. The summed E-state index contributed by atoms with van der Waals surface area (Å²) in [7, 11) is 1.57. The summed E-state index contributed by atoms with van der Waals surface area (Å²) >= 11 is 0. The second kappa shape index (κ2) is 4.44. The third-order valence-corrected chi connectivity index (χ3v) is 2.89. The third kappa shape index (κ3) is 2.08. The number of hydrogen-bond donors (Lipinski definition) is 3. The van der Waals surface area contributed by atoms with Crippen LogP contribution in [-0.2, 0) is 4.79 Å². The first-order chi connectivity index (χ1) is 8.13. The minimum Gasteiger partial charge on any atom is -0.382 e. The molecule has 1 aliphatic heterocycles. The van der Waals surface area contributed by atoms with Crippen molar-refractivity contribution in [3.8, 4) is 0 Å². The number of carbonyl (C=O) groups is 2. The lowest BCUT2D eigenvalue weighted by atomic mass is 10.2. The van der Waals surface area contributed by atoms with Crippen LogP contribution >= 0.6 is 0 Å². The number of carbonyl (C=O) groups excluding carboxylic acids is 2. The number of nitrogens with one attached hydrogen (secondary N) is 2. The van der Waals surface area contributed by atoms with Gasteiger partial charge in [0.1, 0.15) is 17.6 Å². The van der Waals surface area contributed by atoms with Gasteiger partial charge >= 0.3 is 0 Å². The van der Waals surface area contributed by atoms with Crippen LogP contribution in [0.2, 0.25) is 0 Å². The lowest BCUT2D eigenvalue weighted by Crippen LogP contribution is -2.45. The molecule has 92 valence electrons. The summed E-state index contributed by atoms with van der Waals surface area (Å²) in [6, 6.07) is 1.08. The Kier molecular flexibility index (Phi) is 2.99. The molecule has 1 aliphatic rings. The number of hydrogen-bond acceptors (Lipinski definition) is 4. The smallest absolute Gasteiger partial charge is 0.272 e. The molecule has 4 N–H and O–H groups in total. The van der Waals surface area contributed by atoms with Gasteiger partial charge in [0.25, 0.3) is 5.91 Å².